The first-order chi connectivity index (χ1) is 15.9. The molecule has 4 rings (SSSR count). The van der Waals surface area contributed by atoms with Crippen molar-refractivity contribution in [2.75, 3.05) is 18.5 Å². The first kappa shape index (κ1) is 25.7. The van der Waals surface area contributed by atoms with Gasteiger partial charge in [0.1, 0.15) is 24.1 Å². The maximum Gasteiger partial charge on any atom is 0.359 e. The molecule has 2 aromatic rings. The Balaban J connectivity index is 1.58. The fourth-order valence-corrected chi connectivity index (χ4v) is 4.89. The van der Waals surface area contributed by atoms with E-state index >= 15 is 0 Å². The number of ether oxygens (including phenoxy) is 2. The van der Waals surface area contributed by atoms with E-state index in [-0.39, 0.29) is 16.5 Å². The van der Waals surface area contributed by atoms with E-state index in [0.717, 1.165) is 32.6 Å². The third-order valence-electron chi connectivity index (χ3n) is 6.60. The number of fused-ring (bicyclic) bond motifs is 1. The van der Waals surface area contributed by atoms with Crippen LogP contribution in [0.2, 0.25) is 5.28 Å². The predicted octanol–water partition coefficient (Wildman–Crippen LogP) is 0.746. The average Bonchev–Trinajstić information content (AvgIpc) is 3.44. The zero-order valence-corrected chi connectivity index (χ0v) is 20.4. The third-order valence-corrected chi connectivity index (χ3v) is 8.27. The highest BCUT2D eigenvalue weighted by molar-refractivity contribution is 7.53. The van der Waals surface area contributed by atoms with Crippen LogP contribution in [-0.2, 0) is 14.0 Å². The summed E-state index contributed by atoms with van der Waals surface area (Å²) in [5.41, 5.74) is 0.129. The van der Waals surface area contributed by atoms with Gasteiger partial charge in [0.25, 0.3) is 0 Å². The van der Waals surface area contributed by atoms with E-state index in [1.807, 2.05) is 0 Å². The molecule has 1 saturated heterocycles. The van der Waals surface area contributed by atoms with Crippen molar-refractivity contribution in [3.8, 4) is 0 Å². The van der Waals surface area contributed by atoms with Crippen molar-refractivity contribution in [3.63, 3.8) is 0 Å². The van der Waals surface area contributed by atoms with Crippen molar-refractivity contribution in [1.29, 1.82) is 0 Å². The van der Waals surface area contributed by atoms with Gasteiger partial charge in [-0.2, -0.15) is 15.1 Å². The number of aliphatic hydroxyl groups is 3. The first-order valence-corrected chi connectivity index (χ1v) is 12.9. The number of nitrogens with one attached hydrogen (secondary N) is 1. The van der Waals surface area contributed by atoms with Gasteiger partial charge in [0.05, 0.1) is 24.8 Å². The van der Waals surface area contributed by atoms with Crippen LogP contribution >= 0.6 is 19.2 Å². The van der Waals surface area contributed by atoms with Gasteiger partial charge in [-0.1, -0.05) is 12.8 Å². The second kappa shape index (κ2) is 9.23. The second-order valence-corrected chi connectivity index (χ2v) is 11.7. The van der Waals surface area contributed by atoms with E-state index in [2.05, 4.69) is 27.3 Å². The third kappa shape index (κ3) is 4.69. The Morgan fingerprint density at radius 1 is 1.32 bits per heavy atom. The van der Waals surface area contributed by atoms with E-state index < -0.39 is 50.7 Å². The largest absolute Gasteiger partial charge is 0.393 e. The maximum absolute atomic E-state index is 11.7. The first-order valence-electron chi connectivity index (χ1n) is 10.9. The molecule has 1 unspecified atom stereocenters. The average molecular weight is 522 g/mol. The highest BCUT2D eigenvalue weighted by Gasteiger charge is 2.48. The van der Waals surface area contributed by atoms with Gasteiger partial charge in [0.15, 0.2) is 17.2 Å². The van der Waals surface area contributed by atoms with Crippen molar-refractivity contribution in [2.24, 2.45) is 0 Å². The molecule has 13 nitrogen and oxygen atoms in total. The lowest BCUT2D eigenvalue weighted by atomic mass is 10.0. The SMILES string of the molecule is CC1(Nc2nc(Cl)nc3c2cnn3[C@@H]2O[C@H](COC(C)(CO)P(=O)(O)O)[C@@H](O)[C@H]2O)CCCC1. The number of anilines is 1. The molecule has 1 aliphatic carbocycles. The molecule has 15 heteroatoms. The Morgan fingerprint density at radius 3 is 2.62 bits per heavy atom. The normalized spacial score (nSPS) is 28.9. The molecule has 34 heavy (non-hydrogen) atoms. The molecule has 0 amide bonds. The highest BCUT2D eigenvalue weighted by atomic mass is 35.5. The molecule has 3 heterocycles. The maximum atomic E-state index is 11.7. The molecular weight excluding hydrogens is 493 g/mol. The number of halogens is 1. The minimum atomic E-state index is -4.83. The molecule has 0 bridgehead atoms. The van der Waals surface area contributed by atoms with Crippen molar-refractivity contribution >= 4 is 36.0 Å². The van der Waals surface area contributed by atoms with Crippen LogP contribution in [0.25, 0.3) is 11.0 Å². The fraction of sp³-hybridized carbons (Fsp3) is 0.737. The van der Waals surface area contributed by atoms with Crippen LogP contribution < -0.4 is 5.32 Å². The minimum Gasteiger partial charge on any atom is -0.393 e. The fourth-order valence-electron chi connectivity index (χ4n) is 4.30. The summed E-state index contributed by atoms with van der Waals surface area (Å²) in [6.45, 7) is 1.69. The van der Waals surface area contributed by atoms with Crippen LogP contribution in [-0.4, -0.2) is 87.3 Å². The standard InChI is InChI=1S/C19H29ClN5O8P/c1-18(5-3-4-6-18)24-14-10-7-21-25(15(10)23-17(20)22-14)16-13(28)12(27)11(33-16)8-32-19(2,9-26)34(29,30)31/h7,11-13,16,26-28H,3-6,8-9H2,1-2H3,(H,22,23,24)(H2,29,30,31)/t11-,12-,13-,16-,19?/m1/s1. The zero-order valence-electron chi connectivity index (χ0n) is 18.7. The molecule has 190 valence electrons. The summed E-state index contributed by atoms with van der Waals surface area (Å²) >= 11 is 6.17. The van der Waals surface area contributed by atoms with E-state index in [0.29, 0.717) is 11.2 Å². The number of aromatic nitrogens is 4. The van der Waals surface area contributed by atoms with Gasteiger partial charge < -0.3 is 39.9 Å². The molecule has 6 N–H and O–H groups in total. The molecule has 2 fully saturated rings. The molecular formula is C19H29ClN5O8P. The van der Waals surface area contributed by atoms with Gasteiger partial charge in [-0.15, -0.1) is 0 Å². The van der Waals surface area contributed by atoms with Crippen LogP contribution in [0.15, 0.2) is 6.20 Å². The quantitative estimate of drug-likeness (QED) is 0.211. The lowest BCUT2D eigenvalue weighted by Crippen LogP contribution is -2.39. The molecule has 0 aromatic carbocycles. The molecule has 5 atom stereocenters. The monoisotopic (exact) mass is 521 g/mol. The van der Waals surface area contributed by atoms with Crippen LogP contribution in [0, 0.1) is 0 Å². The number of rotatable bonds is 8. The van der Waals surface area contributed by atoms with Crippen molar-refractivity contribution in [3.05, 3.63) is 11.5 Å². The molecule has 0 radical (unpaired) electrons. The highest BCUT2D eigenvalue weighted by Crippen LogP contribution is 2.51. The zero-order chi connectivity index (χ0) is 24.9. The van der Waals surface area contributed by atoms with Gasteiger partial charge in [-0.05, 0) is 38.3 Å². The summed E-state index contributed by atoms with van der Waals surface area (Å²) in [5, 5.41) is 36.5. The lowest BCUT2D eigenvalue weighted by molar-refractivity contribution is -0.104. The Labute approximate surface area is 200 Å². The van der Waals surface area contributed by atoms with Crippen LogP contribution in [0.3, 0.4) is 0 Å². The summed E-state index contributed by atoms with van der Waals surface area (Å²) < 4.78 is 23.9. The van der Waals surface area contributed by atoms with Gasteiger partial charge in [0, 0.05) is 5.54 Å². The van der Waals surface area contributed by atoms with Crippen LogP contribution in [0.5, 0.6) is 0 Å². The topological polar surface area (TPSA) is 192 Å². The summed E-state index contributed by atoms with van der Waals surface area (Å²) in [5.74, 6) is 0.499. The molecule has 2 aliphatic rings. The summed E-state index contributed by atoms with van der Waals surface area (Å²) in [7, 11) is -4.83. The van der Waals surface area contributed by atoms with E-state index in [9.17, 15) is 29.7 Å². The molecule has 0 spiro atoms. The van der Waals surface area contributed by atoms with Crippen LogP contribution in [0.1, 0.15) is 45.8 Å². The Bertz CT molecular complexity index is 1090. The van der Waals surface area contributed by atoms with E-state index in [4.69, 9.17) is 21.1 Å². The number of aliphatic hydroxyl groups excluding tert-OH is 3. The number of hydrogen-bond acceptors (Lipinski definition) is 10. The minimum absolute atomic E-state index is 0.0355. The summed E-state index contributed by atoms with van der Waals surface area (Å²) in [4.78, 5) is 27.4. The van der Waals surface area contributed by atoms with E-state index in [1.54, 1.807) is 0 Å². The van der Waals surface area contributed by atoms with Gasteiger partial charge in [0.2, 0.25) is 5.28 Å². The van der Waals surface area contributed by atoms with E-state index in [1.165, 1.54) is 10.9 Å². The van der Waals surface area contributed by atoms with Gasteiger partial charge >= 0.3 is 7.60 Å². The Hall–Kier alpha value is -1.41. The predicted molar refractivity (Wildman–Crippen MR) is 120 cm³/mol. The van der Waals surface area contributed by atoms with Crippen molar-refractivity contribution in [2.45, 2.75) is 75.0 Å². The number of hydrogen-bond donors (Lipinski definition) is 6. The Morgan fingerprint density at radius 2 is 2.00 bits per heavy atom. The smallest absolute Gasteiger partial charge is 0.359 e. The van der Waals surface area contributed by atoms with Gasteiger partial charge in [-0.3, -0.25) is 4.57 Å². The molecule has 1 aliphatic heterocycles. The van der Waals surface area contributed by atoms with Crippen LogP contribution in [0.4, 0.5) is 5.82 Å². The Kier molecular flexibility index (Phi) is 6.97. The van der Waals surface area contributed by atoms with Crippen molar-refractivity contribution in [1.82, 2.24) is 19.7 Å². The van der Waals surface area contributed by atoms with Gasteiger partial charge in [-0.25, -0.2) is 4.68 Å². The van der Waals surface area contributed by atoms with Crippen molar-refractivity contribution < 1.29 is 39.1 Å². The second-order valence-electron chi connectivity index (χ2n) is 9.29. The molecule has 2 aromatic heterocycles. The lowest BCUT2D eigenvalue weighted by Gasteiger charge is -2.29. The number of nitrogens with zero attached hydrogens (tertiary/aromatic N) is 4. The summed E-state index contributed by atoms with van der Waals surface area (Å²) in [6, 6.07) is 0. The summed E-state index contributed by atoms with van der Waals surface area (Å²) in [6.07, 6.45) is 0.405. The molecule has 1 saturated carbocycles.